The summed E-state index contributed by atoms with van der Waals surface area (Å²) in [6, 6.07) is 15.3. The molecule has 2 aliphatic rings. The molecule has 1 aliphatic heterocycles. The topological polar surface area (TPSA) is 40.5 Å². The van der Waals surface area contributed by atoms with Gasteiger partial charge in [-0.05, 0) is 73.4 Å². The minimum atomic E-state index is -0.603. The molecule has 0 spiro atoms. The lowest BCUT2D eigenvalue weighted by Gasteiger charge is -2.53. The van der Waals surface area contributed by atoms with Gasteiger partial charge in [0.1, 0.15) is 0 Å². The summed E-state index contributed by atoms with van der Waals surface area (Å²) in [6.45, 7) is 8.04. The molecular formula is C28H33Cl2NO2. The molecule has 5 atom stereocenters. The van der Waals surface area contributed by atoms with Crippen LogP contribution in [0.25, 0.3) is 0 Å². The van der Waals surface area contributed by atoms with Crippen LogP contribution in [0.2, 0.25) is 10.0 Å². The SMILES string of the molecule is C=CC[C@@]1(C)CC(c2cccc(Cl)c2)[C@@H](c2ccc(Cl)cc2)N([C@@H](CC)C(O)C2CC2)C1=O. The molecule has 3 nitrogen and oxygen atoms in total. The molecule has 1 amide bonds. The highest BCUT2D eigenvalue weighted by Crippen LogP contribution is 2.53. The van der Waals surface area contributed by atoms with Crippen LogP contribution in [-0.2, 0) is 4.79 Å². The summed E-state index contributed by atoms with van der Waals surface area (Å²) in [6.07, 6.45) is 5.31. The second-order valence-electron chi connectivity index (χ2n) is 9.93. The van der Waals surface area contributed by atoms with Gasteiger partial charge in [0, 0.05) is 16.0 Å². The average Bonchev–Trinajstić information content (AvgIpc) is 3.63. The van der Waals surface area contributed by atoms with Gasteiger partial charge in [0.15, 0.2) is 0 Å². The number of carbonyl (C=O) groups is 1. The second-order valence-corrected chi connectivity index (χ2v) is 10.8. The van der Waals surface area contributed by atoms with Gasteiger partial charge in [-0.3, -0.25) is 4.79 Å². The Morgan fingerprint density at radius 2 is 1.85 bits per heavy atom. The zero-order chi connectivity index (χ0) is 23.8. The third-order valence-electron chi connectivity index (χ3n) is 7.46. The number of nitrogens with zero attached hydrogens (tertiary/aromatic N) is 1. The molecule has 0 bridgehead atoms. The van der Waals surface area contributed by atoms with Crippen LogP contribution in [-0.4, -0.2) is 28.1 Å². The largest absolute Gasteiger partial charge is 0.391 e. The zero-order valence-corrected chi connectivity index (χ0v) is 20.9. The molecule has 1 aliphatic carbocycles. The minimum absolute atomic E-state index is 0.0213. The Morgan fingerprint density at radius 3 is 2.42 bits per heavy atom. The van der Waals surface area contributed by atoms with Crippen LogP contribution < -0.4 is 0 Å². The normalized spacial score (nSPS) is 27.3. The Kier molecular flexibility index (Phi) is 7.23. The zero-order valence-electron chi connectivity index (χ0n) is 19.4. The van der Waals surface area contributed by atoms with Crippen LogP contribution in [0.4, 0.5) is 0 Å². The Hall–Kier alpha value is -1.81. The number of aliphatic hydroxyl groups is 1. The molecule has 1 saturated heterocycles. The van der Waals surface area contributed by atoms with Gasteiger partial charge in [-0.2, -0.15) is 0 Å². The molecule has 2 fully saturated rings. The highest BCUT2D eigenvalue weighted by atomic mass is 35.5. The molecule has 1 heterocycles. The first-order valence-corrected chi connectivity index (χ1v) is 12.7. The fraction of sp³-hybridized carbons (Fsp3) is 0.464. The molecule has 176 valence electrons. The van der Waals surface area contributed by atoms with Gasteiger partial charge in [-0.15, -0.1) is 6.58 Å². The van der Waals surface area contributed by atoms with Gasteiger partial charge in [0.05, 0.1) is 23.6 Å². The molecule has 33 heavy (non-hydrogen) atoms. The molecular weight excluding hydrogens is 453 g/mol. The van der Waals surface area contributed by atoms with E-state index < -0.39 is 11.5 Å². The first-order valence-electron chi connectivity index (χ1n) is 11.9. The van der Waals surface area contributed by atoms with Crippen LogP contribution in [0, 0.1) is 11.3 Å². The number of rotatable bonds is 8. The maximum Gasteiger partial charge on any atom is 0.229 e. The number of allylic oxidation sites excluding steroid dienone is 1. The van der Waals surface area contributed by atoms with E-state index >= 15 is 0 Å². The first-order chi connectivity index (χ1) is 15.8. The Labute approximate surface area is 207 Å². The Bertz CT molecular complexity index is 1000. The molecule has 1 saturated carbocycles. The molecule has 2 unspecified atom stereocenters. The lowest BCUT2D eigenvalue weighted by Crippen LogP contribution is -2.58. The quantitative estimate of drug-likeness (QED) is 0.402. The summed E-state index contributed by atoms with van der Waals surface area (Å²) in [5.41, 5.74) is 1.53. The van der Waals surface area contributed by atoms with Gasteiger partial charge >= 0.3 is 0 Å². The molecule has 0 aromatic heterocycles. The maximum absolute atomic E-state index is 14.2. The van der Waals surface area contributed by atoms with E-state index in [4.69, 9.17) is 23.2 Å². The first kappa shape index (κ1) is 24.3. The number of benzene rings is 2. The van der Waals surface area contributed by atoms with Gasteiger partial charge in [-0.1, -0.05) is 67.4 Å². The lowest BCUT2D eigenvalue weighted by atomic mass is 9.66. The Morgan fingerprint density at radius 1 is 1.15 bits per heavy atom. The van der Waals surface area contributed by atoms with Crippen LogP contribution in [0.3, 0.4) is 0 Å². The molecule has 2 aromatic rings. The predicted octanol–water partition coefficient (Wildman–Crippen LogP) is 7.18. The number of likely N-dealkylation sites (tertiary alicyclic amines) is 1. The summed E-state index contributed by atoms with van der Waals surface area (Å²) < 4.78 is 0. The molecule has 0 radical (unpaired) electrons. The van der Waals surface area contributed by atoms with Crippen molar-refractivity contribution in [2.24, 2.45) is 11.3 Å². The maximum atomic E-state index is 14.2. The van der Waals surface area contributed by atoms with Crippen molar-refractivity contribution in [3.8, 4) is 0 Å². The summed E-state index contributed by atoms with van der Waals surface area (Å²) in [4.78, 5) is 16.2. The smallest absolute Gasteiger partial charge is 0.229 e. The minimum Gasteiger partial charge on any atom is -0.391 e. The summed E-state index contributed by atoms with van der Waals surface area (Å²) in [7, 11) is 0. The summed E-state index contributed by atoms with van der Waals surface area (Å²) in [5.74, 6) is 0.381. The van der Waals surface area contributed by atoms with Crippen molar-refractivity contribution in [3.63, 3.8) is 0 Å². The number of piperidine rings is 1. The third-order valence-corrected chi connectivity index (χ3v) is 7.95. The molecule has 5 heteroatoms. The van der Waals surface area contributed by atoms with Crippen molar-refractivity contribution < 1.29 is 9.90 Å². The fourth-order valence-corrected chi connectivity index (χ4v) is 5.93. The molecule has 4 rings (SSSR count). The van der Waals surface area contributed by atoms with Gasteiger partial charge in [0.2, 0.25) is 5.91 Å². The van der Waals surface area contributed by atoms with E-state index in [0.717, 1.165) is 24.0 Å². The van der Waals surface area contributed by atoms with E-state index in [-0.39, 0.29) is 29.8 Å². The van der Waals surface area contributed by atoms with Crippen molar-refractivity contribution in [1.82, 2.24) is 4.90 Å². The number of carbonyl (C=O) groups excluding carboxylic acids is 1. The number of hydrogen-bond donors (Lipinski definition) is 1. The highest BCUT2D eigenvalue weighted by molar-refractivity contribution is 6.30. The van der Waals surface area contributed by atoms with Gasteiger partial charge in [0.25, 0.3) is 0 Å². The number of hydrogen-bond acceptors (Lipinski definition) is 2. The number of amides is 1. The van der Waals surface area contributed by atoms with E-state index in [9.17, 15) is 9.90 Å². The van der Waals surface area contributed by atoms with E-state index in [0.29, 0.717) is 29.3 Å². The van der Waals surface area contributed by atoms with E-state index in [2.05, 4.69) is 19.6 Å². The number of aliphatic hydroxyl groups excluding tert-OH is 1. The van der Waals surface area contributed by atoms with Gasteiger partial charge < -0.3 is 10.0 Å². The fourth-order valence-electron chi connectivity index (χ4n) is 5.61. The monoisotopic (exact) mass is 485 g/mol. The van der Waals surface area contributed by atoms with Crippen molar-refractivity contribution in [1.29, 1.82) is 0 Å². The highest BCUT2D eigenvalue weighted by Gasteiger charge is 2.53. The van der Waals surface area contributed by atoms with Gasteiger partial charge in [-0.25, -0.2) is 0 Å². The number of halogens is 2. The average molecular weight is 486 g/mol. The second kappa shape index (κ2) is 9.82. The van der Waals surface area contributed by atoms with Crippen molar-refractivity contribution >= 4 is 29.1 Å². The third kappa shape index (κ3) is 4.87. The van der Waals surface area contributed by atoms with Crippen molar-refractivity contribution in [2.75, 3.05) is 0 Å². The van der Waals surface area contributed by atoms with E-state index in [1.165, 1.54) is 0 Å². The van der Waals surface area contributed by atoms with E-state index in [1.807, 2.05) is 60.4 Å². The Balaban J connectivity index is 1.89. The van der Waals surface area contributed by atoms with Crippen LogP contribution in [0.5, 0.6) is 0 Å². The van der Waals surface area contributed by atoms with Crippen LogP contribution >= 0.6 is 23.2 Å². The predicted molar refractivity (Wildman–Crippen MR) is 136 cm³/mol. The van der Waals surface area contributed by atoms with Crippen LogP contribution in [0.15, 0.2) is 61.2 Å². The van der Waals surface area contributed by atoms with Crippen LogP contribution in [0.1, 0.15) is 69.0 Å². The summed E-state index contributed by atoms with van der Waals surface area (Å²) in [5, 5.41) is 12.6. The van der Waals surface area contributed by atoms with Crippen molar-refractivity contribution in [3.05, 3.63) is 82.4 Å². The molecule has 1 N–H and O–H groups in total. The molecule has 2 aromatic carbocycles. The summed E-state index contributed by atoms with van der Waals surface area (Å²) >= 11 is 12.6. The van der Waals surface area contributed by atoms with E-state index in [1.54, 1.807) is 0 Å². The van der Waals surface area contributed by atoms with Crippen molar-refractivity contribution in [2.45, 2.75) is 70.1 Å². The standard InChI is InChI=1S/C28H33Cl2NO2/c1-4-15-28(3)17-23(20-7-6-8-22(30)16-20)25(18-11-13-21(29)14-12-18)31(27(28)33)24(5-2)26(32)19-9-10-19/h4,6-8,11-14,16,19,23-26,32H,1,5,9-10,15,17H2,2-3H3/t23?,24-,25+,26?,28-/m0/s1. The lowest BCUT2D eigenvalue weighted by molar-refractivity contribution is -0.159.